The van der Waals surface area contributed by atoms with Crippen LogP contribution in [0.15, 0.2) is 34.1 Å². The van der Waals surface area contributed by atoms with E-state index in [-0.39, 0.29) is 5.78 Å². The first-order valence-corrected chi connectivity index (χ1v) is 9.84. The maximum absolute atomic E-state index is 12.1. The second-order valence-corrected chi connectivity index (χ2v) is 8.98. The highest BCUT2D eigenvalue weighted by Gasteiger charge is 2.14. The topological polar surface area (TPSA) is 17.1 Å². The summed E-state index contributed by atoms with van der Waals surface area (Å²) in [5.74, 6) is 0.145. The fourth-order valence-corrected chi connectivity index (χ4v) is 5.64. The molecule has 4 heteroatoms. The van der Waals surface area contributed by atoms with Crippen molar-refractivity contribution >= 4 is 53.8 Å². The Hall–Kier alpha value is -0.970. The van der Waals surface area contributed by atoms with E-state index in [4.69, 9.17) is 0 Å². The molecule has 2 aromatic heterocycles. The van der Waals surface area contributed by atoms with Gasteiger partial charge in [0.25, 0.3) is 0 Å². The number of unbranched alkanes of at least 4 members (excludes halogenated alkanes) is 1. The summed E-state index contributed by atoms with van der Waals surface area (Å²) in [5.41, 5.74) is 3.18. The lowest BCUT2D eigenvalue weighted by Crippen LogP contribution is -1.98. The van der Waals surface area contributed by atoms with Gasteiger partial charge in [0.15, 0.2) is 5.78 Å². The number of rotatable bonds is 5. The van der Waals surface area contributed by atoms with Crippen LogP contribution in [0.3, 0.4) is 0 Å². The van der Waals surface area contributed by atoms with Crippen LogP contribution in [0.1, 0.15) is 42.6 Å². The van der Waals surface area contributed by atoms with Gasteiger partial charge in [-0.1, -0.05) is 25.5 Å². The van der Waals surface area contributed by atoms with Gasteiger partial charge in [-0.05, 0) is 59.5 Å². The highest BCUT2D eigenvalue weighted by atomic mass is 79.9. The van der Waals surface area contributed by atoms with Gasteiger partial charge in [0.1, 0.15) is 0 Å². The smallest absolute Gasteiger partial charge is 0.160 e. The molecular weight excluding hydrogens is 376 g/mol. The quantitative estimate of drug-likeness (QED) is 0.429. The van der Waals surface area contributed by atoms with Crippen molar-refractivity contribution in [1.29, 1.82) is 0 Å². The Balaban J connectivity index is 2.04. The molecule has 0 unspecified atom stereocenters. The lowest BCUT2D eigenvalue weighted by Gasteiger charge is -2.08. The molecule has 3 rings (SSSR count). The molecular formula is C18H17BrOS2. The van der Waals surface area contributed by atoms with Crippen molar-refractivity contribution in [2.45, 2.75) is 33.1 Å². The van der Waals surface area contributed by atoms with Gasteiger partial charge in [-0.15, -0.1) is 22.7 Å². The largest absolute Gasteiger partial charge is 0.294 e. The van der Waals surface area contributed by atoms with Crippen LogP contribution in [-0.4, -0.2) is 5.78 Å². The number of thiophene rings is 2. The van der Waals surface area contributed by atoms with Crippen LogP contribution < -0.4 is 0 Å². The average Bonchev–Trinajstić information content (AvgIpc) is 3.01. The van der Waals surface area contributed by atoms with Crippen LogP contribution in [0.2, 0.25) is 0 Å². The van der Waals surface area contributed by atoms with Crippen molar-refractivity contribution in [3.63, 3.8) is 0 Å². The molecule has 22 heavy (non-hydrogen) atoms. The Morgan fingerprint density at radius 2 is 1.91 bits per heavy atom. The normalized spacial score (nSPS) is 11.2. The van der Waals surface area contributed by atoms with Crippen LogP contribution >= 0.6 is 38.6 Å². The minimum absolute atomic E-state index is 0.145. The fraction of sp³-hybridized carbons (Fsp3) is 0.278. The standard InChI is InChI=1S/C18H17BrOS2/c1-3-4-5-12-6-7-13(14(8-12)11(2)20)15-9-16-17(21-15)10-18(19)22-16/h6-10H,3-5H2,1-2H3. The molecule has 3 aromatic rings. The highest BCUT2D eigenvalue weighted by Crippen LogP contribution is 2.41. The number of ketones is 1. The molecule has 0 N–H and O–H groups in total. The first-order chi connectivity index (χ1) is 10.6. The van der Waals surface area contributed by atoms with Crippen molar-refractivity contribution in [3.05, 3.63) is 45.2 Å². The van der Waals surface area contributed by atoms with Crippen molar-refractivity contribution in [3.8, 4) is 10.4 Å². The Morgan fingerprint density at radius 3 is 2.59 bits per heavy atom. The third-order valence-corrected chi connectivity index (χ3v) is 6.55. The molecule has 0 saturated carbocycles. The van der Waals surface area contributed by atoms with Gasteiger partial charge >= 0.3 is 0 Å². The van der Waals surface area contributed by atoms with Crippen molar-refractivity contribution < 1.29 is 4.79 Å². The van der Waals surface area contributed by atoms with Gasteiger partial charge in [0.05, 0.1) is 3.79 Å². The van der Waals surface area contributed by atoms with E-state index in [1.54, 1.807) is 29.6 Å². The molecule has 0 aliphatic carbocycles. The predicted octanol–water partition coefficient (Wildman–Crippen LogP) is 6.94. The zero-order chi connectivity index (χ0) is 15.7. The van der Waals surface area contributed by atoms with Gasteiger partial charge in [0.2, 0.25) is 0 Å². The molecule has 0 bridgehead atoms. The van der Waals surface area contributed by atoms with E-state index >= 15 is 0 Å². The van der Waals surface area contributed by atoms with Gasteiger partial charge in [-0.2, -0.15) is 0 Å². The van der Waals surface area contributed by atoms with E-state index in [0.29, 0.717) is 0 Å². The molecule has 0 atom stereocenters. The average molecular weight is 393 g/mol. The number of hydrogen-bond acceptors (Lipinski definition) is 3. The molecule has 0 radical (unpaired) electrons. The molecule has 0 aliphatic heterocycles. The summed E-state index contributed by atoms with van der Waals surface area (Å²) >= 11 is 7.02. The third kappa shape index (κ3) is 3.19. The van der Waals surface area contributed by atoms with Gasteiger partial charge in [0, 0.05) is 25.4 Å². The van der Waals surface area contributed by atoms with Gasteiger partial charge in [-0.3, -0.25) is 4.79 Å². The zero-order valence-electron chi connectivity index (χ0n) is 12.6. The summed E-state index contributed by atoms with van der Waals surface area (Å²) in [7, 11) is 0. The van der Waals surface area contributed by atoms with Crippen LogP contribution in [0.4, 0.5) is 0 Å². The number of fused-ring (bicyclic) bond motifs is 1. The molecule has 2 heterocycles. The first kappa shape index (κ1) is 15.9. The van der Waals surface area contributed by atoms with E-state index < -0.39 is 0 Å². The third-order valence-electron chi connectivity index (χ3n) is 3.72. The Kier molecular flexibility index (Phi) is 4.81. The van der Waals surface area contributed by atoms with Crippen LogP contribution in [0.25, 0.3) is 19.8 Å². The van der Waals surface area contributed by atoms with Crippen molar-refractivity contribution in [1.82, 2.24) is 0 Å². The lowest BCUT2D eigenvalue weighted by molar-refractivity contribution is 0.101. The molecule has 0 amide bonds. The van der Waals surface area contributed by atoms with E-state index in [2.05, 4.69) is 53.2 Å². The van der Waals surface area contributed by atoms with Crippen LogP contribution in [0, 0.1) is 0 Å². The molecule has 0 fully saturated rings. The molecule has 0 saturated heterocycles. The number of halogens is 1. The number of carbonyl (C=O) groups is 1. The number of benzene rings is 1. The first-order valence-electron chi connectivity index (χ1n) is 7.41. The summed E-state index contributed by atoms with van der Waals surface area (Å²) in [6.45, 7) is 3.85. The number of carbonyl (C=O) groups excluding carboxylic acids is 1. The lowest BCUT2D eigenvalue weighted by atomic mass is 9.97. The molecule has 114 valence electrons. The summed E-state index contributed by atoms with van der Waals surface area (Å²) in [6, 6.07) is 10.7. The second-order valence-electron chi connectivity index (χ2n) is 5.43. The van der Waals surface area contributed by atoms with Gasteiger partial charge in [-0.25, -0.2) is 0 Å². The SMILES string of the molecule is CCCCc1ccc(-c2cc3sc(Br)cc3s2)c(C(C)=O)c1. The zero-order valence-corrected chi connectivity index (χ0v) is 15.8. The van der Waals surface area contributed by atoms with Crippen LogP contribution in [-0.2, 0) is 6.42 Å². The Morgan fingerprint density at radius 1 is 1.14 bits per heavy atom. The van der Waals surface area contributed by atoms with E-state index in [9.17, 15) is 4.79 Å². The maximum Gasteiger partial charge on any atom is 0.160 e. The fourth-order valence-electron chi connectivity index (χ4n) is 2.57. The summed E-state index contributed by atoms with van der Waals surface area (Å²) in [4.78, 5) is 13.3. The van der Waals surface area contributed by atoms with Crippen molar-refractivity contribution in [2.75, 3.05) is 0 Å². The van der Waals surface area contributed by atoms with E-state index in [1.807, 2.05) is 0 Å². The minimum Gasteiger partial charge on any atom is -0.294 e. The summed E-state index contributed by atoms with van der Waals surface area (Å²) in [6.07, 6.45) is 3.39. The molecule has 0 aliphatic rings. The van der Waals surface area contributed by atoms with E-state index in [0.717, 1.165) is 21.3 Å². The van der Waals surface area contributed by atoms with Crippen molar-refractivity contribution in [2.24, 2.45) is 0 Å². The minimum atomic E-state index is 0.145. The number of aryl methyl sites for hydroxylation is 1. The van der Waals surface area contributed by atoms with Gasteiger partial charge < -0.3 is 0 Å². The Labute approximate surface area is 147 Å². The van der Waals surface area contributed by atoms with E-state index in [1.165, 1.54) is 32.7 Å². The monoisotopic (exact) mass is 392 g/mol. The predicted molar refractivity (Wildman–Crippen MR) is 101 cm³/mol. The summed E-state index contributed by atoms with van der Waals surface area (Å²) in [5, 5.41) is 0. The molecule has 1 nitrogen and oxygen atoms in total. The highest BCUT2D eigenvalue weighted by molar-refractivity contribution is 9.11. The summed E-state index contributed by atoms with van der Waals surface area (Å²) < 4.78 is 3.70. The Bertz CT molecular complexity index is 797. The molecule has 1 aromatic carbocycles. The number of Topliss-reactive ketones (excluding diaryl/α,β-unsaturated/α-hetero) is 1. The second kappa shape index (κ2) is 6.65. The maximum atomic E-state index is 12.1. The van der Waals surface area contributed by atoms with Crippen LogP contribution in [0.5, 0.6) is 0 Å². The molecule has 0 spiro atoms. The number of hydrogen-bond donors (Lipinski definition) is 0.